The fraction of sp³-hybridized carbons (Fsp3) is 0.111. The molecule has 3 rings (SSSR count). The van der Waals surface area contributed by atoms with Crippen molar-refractivity contribution in [3.63, 3.8) is 0 Å². The van der Waals surface area contributed by atoms with Gasteiger partial charge in [-0.2, -0.15) is 0 Å². The third-order valence-electron chi connectivity index (χ3n) is 3.48. The maximum Gasteiger partial charge on any atom is 0.277 e. The van der Waals surface area contributed by atoms with E-state index in [4.69, 9.17) is 4.42 Å². The van der Waals surface area contributed by atoms with Crippen molar-refractivity contribution in [2.45, 2.75) is 5.22 Å². The molecule has 9 heteroatoms. The second-order valence-corrected chi connectivity index (χ2v) is 6.30. The number of carbonyl (C=O) groups is 2. The zero-order valence-corrected chi connectivity index (χ0v) is 15.0. The summed E-state index contributed by atoms with van der Waals surface area (Å²) in [7, 11) is 1.55. The number of hydrogen-bond acceptors (Lipinski definition) is 6. The lowest BCUT2D eigenvalue weighted by molar-refractivity contribution is -0.113. The number of nitrogens with zero attached hydrogens (tertiary/aromatic N) is 2. The lowest BCUT2D eigenvalue weighted by Crippen LogP contribution is -2.18. The van der Waals surface area contributed by atoms with Gasteiger partial charge in [0.05, 0.1) is 5.75 Å². The summed E-state index contributed by atoms with van der Waals surface area (Å²) in [5.41, 5.74) is 1.67. The zero-order valence-electron chi connectivity index (χ0n) is 14.2. The number of halogens is 1. The van der Waals surface area contributed by atoms with E-state index in [2.05, 4.69) is 20.8 Å². The molecule has 0 unspecified atom stereocenters. The van der Waals surface area contributed by atoms with Gasteiger partial charge >= 0.3 is 0 Å². The van der Waals surface area contributed by atoms with Crippen LogP contribution in [0.4, 0.5) is 10.1 Å². The van der Waals surface area contributed by atoms with Crippen LogP contribution in [-0.2, 0) is 4.79 Å². The molecule has 0 bridgehead atoms. The van der Waals surface area contributed by atoms with Gasteiger partial charge < -0.3 is 15.1 Å². The molecule has 0 radical (unpaired) electrons. The van der Waals surface area contributed by atoms with Gasteiger partial charge in [0.25, 0.3) is 11.1 Å². The Balaban J connectivity index is 1.53. The summed E-state index contributed by atoms with van der Waals surface area (Å²) in [6.07, 6.45) is 0. The predicted octanol–water partition coefficient (Wildman–Crippen LogP) is 2.97. The SMILES string of the molecule is CNC(=O)c1ccc(NC(=O)CSc2nnc(-c3ccc(F)cc3)o2)cc1. The van der Waals surface area contributed by atoms with Crippen LogP contribution in [0.25, 0.3) is 11.5 Å². The predicted molar refractivity (Wildman–Crippen MR) is 98.9 cm³/mol. The molecule has 0 aliphatic heterocycles. The van der Waals surface area contributed by atoms with Crippen molar-refractivity contribution in [2.75, 3.05) is 18.1 Å². The highest BCUT2D eigenvalue weighted by Crippen LogP contribution is 2.23. The Morgan fingerprint density at radius 1 is 1.07 bits per heavy atom. The van der Waals surface area contributed by atoms with Crippen LogP contribution >= 0.6 is 11.8 Å². The van der Waals surface area contributed by atoms with E-state index in [1.165, 1.54) is 24.3 Å². The van der Waals surface area contributed by atoms with Crippen molar-refractivity contribution < 1.29 is 18.4 Å². The Morgan fingerprint density at radius 3 is 2.44 bits per heavy atom. The fourth-order valence-electron chi connectivity index (χ4n) is 2.15. The van der Waals surface area contributed by atoms with Crippen LogP contribution in [0.2, 0.25) is 0 Å². The van der Waals surface area contributed by atoms with Gasteiger partial charge in [0.1, 0.15) is 5.82 Å². The Bertz CT molecular complexity index is 942. The largest absolute Gasteiger partial charge is 0.411 e. The molecule has 2 aromatic carbocycles. The number of thioether (sulfide) groups is 1. The molecule has 2 amide bonds. The second-order valence-electron chi connectivity index (χ2n) is 5.37. The quantitative estimate of drug-likeness (QED) is 0.632. The summed E-state index contributed by atoms with van der Waals surface area (Å²) in [5, 5.41) is 13.2. The van der Waals surface area contributed by atoms with E-state index < -0.39 is 0 Å². The Kier molecular flexibility index (Phi) is 5.82. The third kappa shape index (κ3) is 4.91. The number of carbonyl (C=O) groups excluding carboxylic acids is 2. The minimum Gasteiger partial charge on any atom is -0.411 e. The van der Waals surface area contributed by atoms with E-state index in [1.807, 2.05) is 0 Å². The van der Waals surface area contributed by atoms with E-state index in [-0.39, 0.29) is 34.5 Å². The number of hydrogen-bond donors (Lipinski definition) is 2. The maximum atomic E-state index is 12.9. The maximum absolute atomic E-state index is 12.9. The minimum atomic E-state index is -0.354. The first kappa shape index (κ1) is 18.6. The standard InChI is InChI=1S/C18H15FN4O3S/c1-20-16(25)11-4-8-14(9-5-11)21-15(24)10-27-18-23-22-17(26-18)12-2-6-13(19)7-3-12/h2-9H,10H2,1H3,(H,20,25)(H,21,24). The second kappa shape index (κ2) is 8.45. The molecule has 0 spiro atoms. The summed E-state index contributed by atoms with van der Waals surface area (Å²) < 4.78 is 18.4. The molecule has 138 valence electrons. The molecule has 0 aliphatic rings. The topological polar surface area (TPSA) is 97.1 Å². The third-order valence-corrected chi connectivity index (χ3v) is 4.30. The van der Waals surface area contributed by atoms with E-state index in [0.29, 0.717) is 16.8 Å². The average Bonchev–Trinajstić information content (AvgIpc) is 3.16. The number of rotatable bonds is 6. The molecule has 0 saturated heterocycles. The number of amides is 2. The van der Waals surface area contributed by atoms with Gasteiger partial charge in [-0.15, -0.1) is 10.2 Å². The molecule has 2 N–H and O–H groups in total. The van der Waals surface area contributed by atoms with E-state index in [1.54, 1.807) is 31.3 Å². The molecule has 0 atom stereocenters. The fourth-order valence-corrected chi connectivity index (χ4v) is 2.71. The molecule has 3 aromatic rings. The average molecular weight is 386 g/mol. The van der Waals surface area contributed by atoms with Crippen LogP contribution in [0.15, 0.2) is 58.2 Å². The van der Waals surface area contributed by atoms with Crippen LogP contribution in [0, 0.1) is 5.82 Å². The molecule has 27 heavy (non-hydrogen) atoms. The lowest BCUT2D eigenvalue weighted by Gasteiger charge is -2.05. The van der Waals surface area contributed by atoms with Crippen molar-refractivity contribution in [1.82, 2.24) is 15.5 Å². The van der Waals surface area contributed by atoms with Crippen molar-refractivity contribution >= 4 is 29.3 Å². The molecule has 1 aromatic heterocycles. The Morgan fingerprint density at radius 2 is 1.78 bits per heavy atom. The number of benzene rings is 2. The molecular formula is C18H15FN4O3S. The van der Waals surface area contributed by atoms with Crippen molar-refractivity contribution in [1.29, 1.82) is 0 Å². The minimum absolute atomic E-state index is 0.0717. The smallest absolute Gasteiger partial charge is 0.277 e. The van der Waals surface area contributed by atoms with Gasteiger partial charge in [-0.1, -0.05) is 11.8 Å². The highest BCUT2D eigenvalue weighted by Gasteiger charge is 2.12. The number of anilines is 1. The van der Waals surface area contributed by atoms with Crippen molar-refractivity contribution in [3.8, 4) is 11.5 Å². The van der Waals surface area contributed by atoms with Crippen LogP contribution < -0.4 is 10.6 Å². The summed E-state index contributed by atoms with van der Waals surface area (Å²) in [4.78, 5) is 23.5. The Labute approximate surface area is 158 Å². The van der Waals surface area contributed by atoms with Gasteiger partial charge in [-0.25, -0.2) is 4.39 Å². The first-order chi connectivity index (χ1) is 13.0. The first-order valence-electron chi connectivity index (χ1n) is 7.89. The Hall–Kier alpha value is -3.20. The van der Waals surface area contributed by atoms with Gasteiger partial charge in [-0.05, 0) is 48.5 Å². The number of aromatic nitrogens is 2. The van der Waals surface area contributed by atoms with Gasteiger partial charge in [0.15, 0.2) is 0 Å². The first-order valence-corrected chi connectivity index (χ1v) is 8.88. The van der Waals surface area contributed by atoms with Crippen LogP contribution in [0.5, 0.6) is 0 Å². The van der Waals surface area contributed by atoms with Crippen LogP contribution in [0.1, 0.15) is 10.4 Å². The highest BCUT2D eigenvalue weighted by atomic mass is 32.2. The van der Waals surface area contributed by atoms with E-state index >= 15 is 0 Å². The van der Waals surface area contributed by atoms with E-state index in [9.17, 15) is 14.0 Å². The summed E-state index contributed by atoms with van der Waals surface area (Å²) in [5.74, 6) is -0.482. The molecule has 7 nitrogen and oxygen atoms in total. The van der Waals surface area contributed by atoms with Crippen LogP contribution in [-0.4, -0.2) is 34.8 Å². The highest BCUT2D eigenvalue weighted by molar-refractivity contribution is 7.99. The molecule has 0 fully saturated rings. The number of nitrogens with one attached hydrogen (secondary N) is 2. The summed E-state index contributed by atoms with van der Waals surface area (Å²) in [6.45, 7) is 0. The summed E-state index contributed by atoms with van der Waals surface area (Å²) in [6, 6.07) is 12.2. The molecule has 0 aliphatic carbocycles. The van der Waals surface area contributed by atoms with Gasteiger partial charge in [-0.3, -0.25) is 9.59 Å². The monoisotopic (exact) mass is 386 g/mol. The van der Waals surface area contributed by atoms with Gasteiger partial charge in [0, 0.05) is 23.9 Å². The van der Waals surface area contributed by atoms with Gasteiger partial charge in [0.2, 0.25) is 11.8 Å². The van der Waals surface area contributed by atoms with Crippen molar-refractivity contribution in [2.24, 2.45) is 0 Å². The lowest BCUT2D eigenvalue weighted by atomic mass is 10.2. The van der Waals surface area contributed by atoms with Crippen LogP contribution in [0.3, 0.4) is 0 Å². The molecule has 1 heterocycles. The normalized spacial score (nSPS) is 10.4. The summed E-state index contributed by atoms with van der Waals surface area (Å²) >= 11 is 1.09. The molecule has 0 saturated carbocycles. The molecular weight excluding hydrogens is 371 g/mol. The van der Waals surface area contributed by atoms with E-state index in [0.717, 1.165) is 11.8 Å². The van der Waals surface area contributed by atoms with Crippen molar-refractivity contribution in [3.05, 3.63) is 59.9 Å². The zero-order chi connectivity index (χ0) is 19.2.